The first kappa shape index (κ1) is 12.1. The van der Waals surface area contributed by atoms with Gasteiger partial charge in [0.1, 0.15) is 11.9 Å². The number of halogens is 1. The fourth-order valence-electron chi connectivity index (χ4n) is 2.45. The van der Waals surface area contributed by atoms with Crippen LogP contribution in [0.4, 0.5) is 4.39 Å². The molecule has 2 fully saturated rings. The summed E-state index contributed by atoms with van der Waals surface area (Å²) >= 11 is 0. The Kier molecular flexibility index (Phi) is 2.97. The third kappa shape index (κ3) is 2.32. The summed E-state index contributed by atoms with van der Waals surface area (Å²) in [7, 11) is 0. The molecule has 1 aromatic rings. The summed E-state index contributed by atoms with van der Waals surface area (Å²) in [6.07, 6.45) is 1.82. The molecule has 1 N–H and O–H groups in total. The lowest BCUT2D eigenvalue weighted by Gasteiger charge is -2.35. The summed E-state index contributed by atoms with van der Waals surface area (Å²) in [6.45, 7) is 0.998. The molecule has 19 heavy (non-hydrogen) atoms. The van der Waals surface area contributed by atoms with Crippen molar-refractivity contribution in [1.82, 2.24) is 10.2 Å². The van der Waals surface area contributed by atoms with Gasteiger partial charge in [-0.25, -0.2) is 4.39 Å². The van der Waals surface area contributed by atoms with Crippen molar-refractivity contribution in [2.24, 2.45) is 5.92 Å². The molecule has 3 rings (SSSR count). The lowest BCUT2D eigenvalue weighted by molar-refractivity contribution is -0.144. The van der Waals surface area contributed by atoms with Crippen LogP contribution >= 0.6 is 0 Å². The second kappa shape index (κ2) is 4.64. The fraction of sp³-hybridized carbons (Fsp3) is 0.429. The van der Waals surface area contributed by atoms with E-state index >= 15 is 0 Å². The Morgan fingerprint density at radius 1 is 1.26 bits per heavy atom. The molecule has 2 aliphatic rings. The van der Waals surface area contributed by atoms with E-state index in [0.29, 0.717) is 18.7 Å². The summed E-state index contributed by atoms with van der Waals surface area (Å²) in [4.78, 5) is 25.9. The van der Waals surface area contributed by atoms with Gasteiger partial charge < -0.3 is 10.2 Å². The molecule has 0 aromatic heterocycles. The van der Waals surface area contributed by atoms with Crippen molar-refractivity contribution in [2.75, 3.05) is 13.1 Å². The third-order valence-corrected chi connectivity index (χ3v) is 3.61. The van der Waals surface area contributed by atoms with Gasteiger partial charge in [-0.1, -0.05) is 12.1 Å². The van der Waals surface area contributed by atoms with Gasteiger partial charge in [0.2, 0.25) is 11.8 Å². The first-order valence-corrected chi connectivity index (χ1v) is 6.50. The van der Waals surface area contributed by atoms with Gasteiger partial charge in [0.05, 0.1) is 0 Å². The minimum absolute atomic E-state index is 0.0455. The van der Waals surface area contributed by atoms with Crippen molar-refractivity contribution in [3.63, 3.8) is 0 Å². The van der Waals surface area contributed by atoms with Crippen LogP contribution in [0.3, 0.4) is 0 Å². The highest BCUT2D eigenvalue weighted by Gasteiger charge is 2.40. The lowest BCUT2D eigenvalue weighted by Crippen LogP contribution is -2.52. The van der Waals surface area contributed by atoms with Crippen LogP contribution in [0, 0.1) is 11.7 Å². The summed E-state index contributed by atoms with van der Waals surface area (Å²) < 4.78 is 13.0. The van der Waals surface area contributed by atoms with E-state index in [9.17, 15) is 14.0 Å². The van der Waals surface area contributed by atoms with Crippen molar-refractivity contribution < 1.29 is 14.0 Å². The van der Waals surface area contributed by atoms with E-state index in [0.717, 1.165) is 12.8 Å². The monoisotopic (exact) mass is 262 g/mol. The number of hydrogen-bond donors (Lipinski definition) is 1. The molecule has 0 radical (unpaired) electrons. The van der Waals surface area contributed by atoms with Gasteiger partial charge in [-0.15, -0.1) is 0 Å². The smallest absolute Gasteiger partial charge is 0.247 e. The first-order valence-electron chi connectivity index (χ1n) is 6.50. The predicted molar refractivity (Wildman–Crippen MR) is 66.6 cm³/mol. The molecular formula is C14H15FN2O2. The molecule has 0 bridgehead atoms. The molecule has 1 aromatic carbocycles. The van der Waals surface area contributed by atoms with Crippen molar-refractivity contribution >= 4 is 11.8 Å². The molecule has 1 aliphatic heterocycles. The number of benzene rings is 1. The molecular weight excluding hydrogens is 247 g/mol. The zero-order valence-corrected chi connectivity index (χ0v) is 10.4. The Bertz CT molecular complexity index is 511. The molecule has 4 nitrogen and oxygen atoms in total. The van der Waals surface area contributed by atoms with Crippen molar-refractivity contribution in [1.29, 1.82) is 0 Å². The lowest BCUT2D eigenvalue weighted by atomic mass is 10.0. The molecule has 0 spiro atoms. The molecule has 5 heteroatoms. The topological polar surface area (TPSA) is 49.4 Å². The average molecular weight is 262 g/mol. The molecule has 1 saturated heterocycles. The van der Waals surface area contributed by atoms with E-state index in [-0.39, 0.29) is 23.5 Å². The van der Waals surface area contributed by atoms with Gasteiger partial charge >= 0.3 is 0 Å². The van der Waals surface area contributed by atoms with Crippen LogP contribution < -0.4 is 5.32 Å². The van der Waals surface area contributed by atoms with Crippen LogP contribution in [-0.4, -0.2) is 29.8 Å². The summed E-state index contributed by atoms with van der Waals surface area (Å²) in [5, 5.41) is 2.76. The van der Waals surface area contributed by atoms with E-state index in [1.54, 1.807) is 17.0 Å². The largest absolute Gasteiger partial charge is 0.352 e. The predicted octanol–water partition coefficient (Wildman–Crippen LogP) is 1.24. The zero-order valence-electron chi connectivity index (χ0n) is 10.4. The molecule has 1 aliphatic carbocycles. The highest BCUT2D eigenvalue weighted by Crippen LogP contribution is 2.34. The van der Waals surface area contributed by atoms with Crippen LogP contribution in [-0.2, 0) is 9.59 Å². The number of nitrogens with one attached hydrogen (secondary N) is 1. The van der Waals surface area contributed by atoms with Crippen molar-refractivity contribution in [3.05, 3.63) is 35.6 Å². The average Bonchev–Trinajstić information content (AvgIpc) is 3.23. The molecule has 1 unspecified atom stereocenters. The minimum Gasteiger partial charge on any atom is -0.352 e. The SMILES string of the molecule is O=C1NCCN(C(=O)C2CC2)C1c1ccc(F)cc1. The standard InChI is InChI=1S/C14H15FN2O2/c15-11-5-3-9(4-6-11)12-13(18)16-7-8-17(12)14(19)10-1-2-10/h3-6,10,12H,1-2,7-8H2,(H,16,18). The van der Waals surface area contributed by atoms with Crippen LogP contribution in [0.1, 0.15) is 24.4 Å². The van der Waals surface area contributed by atoms with E-state index in [1.165, 1.54) is 12.1 Å². The molecule has 1 atom stereocenters. The van der Waals surface area contributed by atoms with Gasteiger partial charge in [-0.3, -0.25) is 9.59 Å². The third-order valence-electron chi connectivity index (χ3n) is 3.61. The van der Waals surface area contributed by atoms with E-state index in [1.807, 2.05) is 0 Å². The highest BCUT2D eigenvalue weighted by atomic mass is 19.1. The maximum Gasteiger partial charge on any atom is 0.247 e. The van der Waals surface area contributed by atoms with Gasteiger partial charge in [-0.05, 0) is 30.5 Å². The number of nitrogens with zero attached hydrogens (tertiary/aromatic N) is 1. The van der Waals surface area contributed by atoms with Gasteiger partial charge in [0, 0.05) is 19.0 Å². The summed E-state index contributed by atoms with van der Waals surface area (Å²) in [5.41, 5.74) is 0.660. The Morgan fingerprint density at radius 3 is 2.58 bits per heavy atom. The van der Waals surface area contributed by atoms with Crippen molar-refractivity contribution in [3.8, 4) is 0 Å². The van der Waals surface area contributed by atoms with Gasteiger partial charge in [0.15, 0.2) is 0 Å². The number of rotatable bonds is 2. The van der Waals surface area contributed by atoms with Crippen LogP contribution in [0.2, 0.25) is 0 Å². The molecule has 2 amide bonds. The Labute approximate surface area is 110 Å². The van der Waals surface area contributed by atoms with Gasteiger partial charge in [0.25, 0.3) is 0 Å². The van der Waals surface area contributed by atoms with Gasteiger partial charge in [-0.2, -0.15) is 0 Å². The number of carbonyl (C=O) groups is 2. The Hall–Kier alpha value is -1.91. The zero-order chi connectivity index (χ0) is 13.4. The summed E-state index contributed by atoms with van der Waals surface area (Å²) in [5.74, 6) is -0.412. The number of hydrogen-bond acceptors (Lipinski definition) is 2. The van der Waals surface area contributed by atoms with E-state index in [4.69, 9.17) is 0 Å². The minimum atomic E-state index is -0.623. The number of piperazine rings is 1. The Balaban J connectivity index is 1.90. The van der Waals surface area contributed by atoms with Crippen LogP contribution in [0.5, 0.6) is 0 Å². The number of amides is 2. The highest BCUT2D eigenvalue weighted by molar-refractivity contribution is 5.91. The maximum atomic E-state index is 13.0. The quantitative estimate of drug-likeness (QED) is 0.871. The first-order chi connectivity index (χ1) is 9.16. The maximum absolute atomic E-state index is 13.0. The second-order valence-electron chi connectivity index (χ2n) is 5.05. The second-order valence-corrected chi connectivity index (χ2v) is 5.05. The van der Waals surface area contributed by atoms with Crippen LogP contribution in [0.25, 0.3) is 0 Å². The number of carbonyl (C=O) groups excluding carboxylic acids is 2. The fourth-order valence-corrected chi connectivity index (χ4v) is 2.45. The Morgan fingerprint density at radius 2 is 1.95 bits per heavy atom. The molecule has 1 heterocycles. The van der Waals surface area contributed by atoms with E-state index < -0.39 is 6.04 Å². The normalized spacial score (nSPS) is 23.1. The van der Waals surface area contributed by atoms with Crippen molar-refractivity contribution in [2.45, 2.75) is 18.9 Å². The summed E-state index contributed by atoms with van der Waals surface area (Å²) in [6, 6.07) is 5.15. The van der Waals surface area contributed by atoms with E-state index in [2.05, 4.69) is 5.32 Å². The van der Waals surface area contributed by atoms with Crippen LogP contribution in [0.15, 0.2) is 24.3 Å². The molecule has 100 valence electrons. The molecule has 1 saturated carbocycles.